The number of benzene rings is 1. The number of rotatable bonds is 5. The van der Waals surface area contributed by atoms with Crippen molar-refractivity contribution in [3.63, 3.8) is 0 Å². The van der Waals surface area contributed by atoms with Gasteiger partial charge in [-0.25, -0.2) is 4.79 Å². The highest BCUT2D eigenvalue weighted by molar-refractivity contribution is 8.14. The maximum atomic E-state index is 11.1. The van der Waals surface area contributed by atoms with E-state index in [2.05, 4.69) is 4.99 Å². The second-order valence-corrected chi connectivity index (χ2v) is 7.13. The number of fused-ring (bicyclic) bond motifs is 1. The molecule has 2 N–H and O–H groups in total. The van der Waals surface area contributed by atoms with Crippen molar-refractivity contribution in [3.05, 3.63) is 35.9 Å². The Kier molecular flexibility index (Phi) is 5.95. The first-order valence-electron chi connectivity index (χ1n) is 8.21. The summed E-state index contributed by atoms with van der Waals surface area (Å²) >= 11 is 1.31. The van der Waals surface area contributed by atoms with E-state index in [-0.39, 0.29) is 30.3 Å². The zero-order valence-corrected chi connectivity index (χ0v) is 14.8. The van der Waals surface area contributed by atoms with Crippen LogP contribution >= 0.6 is 11.8 Å². The number of amidine groups is 1. The van der Waals surface area contributed by atoms with Gasteiger partial charge in [0.05, 0.1) is 24.9 Å². The molecule has 7 nitrogen and oxygen atoms in total. The number of hydrogen-bond acceptors (Lipinski definition) is 6. The third-order valence-corrected chi connectivity index (χ3v) is 5.55. The van der Waals surface area contributed by atoms with Crippen LogP contribution in [0, 0.1) is 0 Å². The first-order valence-corrected chi connectivity index (χ1v) is 9.09. The summed E-state index contributed by atoms with van der Waals surface area (Å²) in [5.41, 5.74) is 0.841. The van der Waals surface area contributed by atoms with Crippen molar-refractivity contribution in [2.45, 2.75) is 43.1 Å². The van der Waals surface area contributed by atoms with Gasteiger partial charge in [-0.15, -0.1) is 0 Å². The normalized spacial score (nSPS) is 28.3. The van der Waals surface area contributed by atoms with Crippen LogP contribution < -0.4 is 0 Å². The summed E-state index contributed by atoms with van der Waals surface area (Å²) in [7, 11) is 1.47. The van der Waals surface area contributed by atoms with E-state index in [4.69, 9.17) is 14.6 Å². The van der Waals surface area contributed by atoms with Crippen LogP contribution in [0.15, 0.2) is 35.3 Å². The van der Waals surface area contributed by atoms with Crippen LogP contribution in [0.4, 0.5) is 4.79 Å². The molecule has 1 fully saturated rings. The maximum Gasteiger partial charge on any atom is 0.413 e. The third-order valence-electron chi connectivity index (χ3n) is 4.30. The van der Waals surface area contributed by atoms with E-state index in [1.165, 1.54) is 18.8 Å². The van der Waals surface area contributed by atoms with E-state index in [9.17, 15) is 9.90 Å². The number of aliphatic hydroxyl groups excluding tert-OH is 1. The predicted octanol–water partition coefficient (Wildman–Crippen LogP) is 2.15. The summed E-state index contributed by atoms with van der Waals surface area (Å²) in [5.74, 6) is 0. The minimum absolute atomic E-state index is 0.0145. The molecular weight excluding hydrogens is 344 g/mol. The minimum atomic E-state index is -1.05. The van der Waals surface area contributed by atoms with Crippen LogP contribution in [-0.2, 0) is 16.1 Å². The number of amides is 1. The average molecular weight is 366 g/mol. The highest BCUT2D eigenvalue weighted by Gasteiger charge is 2.43. The largest absolute Gasteiger partial charge is 0.465 e. The summed E-state index contributed by atoms with van der Waals surface area (Å²) < 4.78 is 12.1. The lowest BCUT2D eigenvalue weighted by atomic mass is 9.99. The summed E-state index contributed by atoms with van der Waals surface area (Å²) in [6.45, 7) is 0.480. The average Bonchev–Trinajstić information content (AvgIpc) is 3.02. The molecule has 1 amide bonds. The zero-order valence-electron chi connectivity index (χ0n) is 13.9. The Balaban J connectivity index is 1.66. The molecule has 1 aromatic carbocycles. The Morgan fingerprint density at radius 3 is 2.88 bits per heavy atom. The number of ether oxygens (including phenoxy) is 2. The van der Waals surface area contributed by atoms with E-state index in [0.717, 1.165) is 10.5 Å². The summed E-state index contributed by atoms with van der Waals surface area (Å²) in [6.07, 6.45) is -0.340. The smallest absolute Gasteiger partial charge is 0.413 e. The zero-order chi connectivity index (χ0) is 17.8. The second kappa shape index (κ2) is 8.18. The van der Waals surface area contributed by atoms with Gasteiger partial charge in [0.25, 0.3) is 0 Å². The number of nitrogens with zero attached hydrogens (tertiary/aromatic N) is 2. The monoisotopic (exact) mass is 366 g/mol. The number of carbonyl (C=O) groups is 1. The Morgan fingerprint density at radius 1 is 1.44 bits per heavy atom. The van der Waals surface area contributed by atoms with Crippen molar-refractivity contribution in [3.8, 4) is 0 Å². The maximum absolute atomic E-state index is 11.1. The molecule has 0 radical (unpaired) electrons. The fraction of sp³-hybridized carbons (Fsp3) is 0.529. The van der Waals surface area contributed by atoms with Crippen LogP contribution in [-0.4, -0.2) is 63.7 Å². The van der Waals surface area contributed by atoms with Crippen LogP contribution in [0.25, 0.3) is 0 Å². The van der Waals surface area contributed by atoms with E-state index >= 15 is 0 Å². The van der Waals surface area contributed by atoms with Crippen molar-refractivity contribution in [1.82, 2.24) is 4.90 Å². The van der Waals surface area contributed by atoms with Gasteiger partial charge in [0.2, 0.25) is 0 Å². The molecule has 0 aliphatic carbocycles. The number of carboxylic acid groups (broad SMARTS) is 1. The van der Waals surface area contributed by atoms with Gasteiger partial charge in [-0.3, -0.25) is 9.89 Å². The first kappa shape index (κ1) is 18.2. The number of aliphatic hydroxyl groups is 1. The molecule has 25 heavy (non-hydrogen) atoms. The van der Waals surface area contributed by atoms with Crippen LogP contribution in [0.5, 0.6) is 0 Å². The van der Waals surface area contributed by atoms with Gasteiger partial charge in [-0.2, -0.15) is 0 Å². The summed E-state index contributed by atoms with van der Waals surface area (Å²) in [5, 5.41) is 18.9. The quantitative estimate of drug-likeness (QED) is 0.830. The van der Waals surface area contributed by atoms with Crippen molar-refractivity contribution >= 4 is 23.0 Å². The third kappa shape index (κ3) is 4.33. The van der Waals surface area contributed by atoms with Gasteiger partial charge in [0.15, 0.2) is 5.17 Å². The SMILES string of the molecule is CN(C(=O)O)C1=N[C@@H]2C[C@H](OCc3ccccc3)[C@@H](CCO)O[C@@H]2S1. The number of hydrogen-bond donors (Lipinski definition) is 2. The summed E-state index contributed by atoms with van der Waals surface area (Å²) in [4.78, 5) is 16.7. The molecule has 136 valence electrons. The van der Waals surface area contributed by atoms with Gasteiger partial charge < -0.3 is 19.7 Å². The molecule has 4 atom stereocenters. The highest BCUT2D eigenvalue weighted by Crippen LogP contribution is 2.38. The molecule has 2 heterocycles. The Bertz CT molecular complexity index is 627. The van der Waals surface area contributed by atoms with Gasteiger partial charge in [-0.05, 0) is 12.0 Å². The molecule has 8 heteroatoms. The van der Waals surface area contributed by atoms with E-state index in [1.807, 2.05) is 30.3 Å². The van der Waals surface area contributed by atoms with Gasteiger partial charge >= 0.3 is 6.09 Å². The van der Waals surface area contributed by atoms with Crippen LogP contribution in [0.3, 0.4) is 0 Å². The van der Waals surface area contributed by atoms with E-state index in [1.54, 1.807) is 0 Å². The molecule has 0 saturated carbocycles. The second-order valence-electron chi connectivity index (χ2n) is 6.06. The molecule has 0 unspecified atom stereocenters. The Hall–Kier alpha value is -1.61. The number of aliphatic imine (C=N–C) groups is 1. The summed E-state index contributed by atoms with van der Waals surface area (Å²) in [6, 6.07) is 9.73. The molecule has 0 aromatic heterocycles. The molecule has 1 saturated heterocycles. The standard InChI is InChI=1S/C17H22N2O5S/c1-19(17(21)22)16-18-12-9-14(13(7-8-20)24-15(12)25-16)23-10-11-5-3-2-4-6-11/h2-6,12-15,20H,7-10H2,1H3,(H,21,22)/t12-,13-,14+,15-/m1/s1. The lowest BCUT2D eigenvalue weighted by Gasteiger charge is -2.37. The molecule has 3 rings (SSSR count). The highest BCUT2D eigenvalue weighted by atomic mass is 32.2. The number of thioether (sulfide) groups is 1. The van der Waals surface area contributed by atoms with Crippen molar-refractivity contribution in [2.24, 2.45) is 4.99 Å². The molecule has 2 aliphatic rings. The topological polar surface area (TPSA) is 91.6 Å². The van der Waals surface area contributed by atoms with Crippen molar-refractivity contribution in [1.29, 1.82) is 0 Å². The van der Waals surface area contributed by atoms with Crippen molar-refractivity contribution in [2.75, 3.05) is 13.7 Å². The fourth-order valence-corrected chi connectivity index (χ4v) is 4.10. The first-order chi connectivity index (χ1) is 12.1. The molecular formula is C17H22N2O5S. The van der Waals surface area contributed by atoms with Gasteiger partial charge in [0.1, 0.15) is 5.44 Å². The Morgan fingerprint density at radius 2 is 2.20 bits per heavy atom. The lowest BCUT2D eigenvalue weighted by Crippen LogP contribution is -2.45. The Labute approximate surface area is 150 Å². The predicted molar refractivity (Wildman–Crippen MR) is 94.6 cm³/mol. The molecule has 0 spiro atoms. The van der Waals surface area contributed by atoms with E-state index in [0.29, 0.717) is 24.6 Å². The molecule has 0 bridgehead atoms. The fourth-order valence-electron chi connectivity index (χ4n) is 2.93. The van der Waals surface area contributed by atoms with Crippen LogP contribution in [0.2, 0.25) is 0 Å². The molecule has 1 aromatic rings. The van der Waals surface area contributed by atoms with Gasteiger partial charge in [0, 0.05) is 20.1 Å². The van der Waals surface area contributed by atoms with E-state index < -0.39 is 6.09 Å². The minimum Gasteiger partial charge on any atom is -0.465 e. The van der Waals surface area contributed by atoms with Crippen molar-refractivity contribution < 1.29 is 24.5 Å². The lowest BCUT2D eigenvalue weighted by molar-refractivity contribution is -0.131. The van der Waals surface area contributed by atoms with Gasteiger partial charge in [-0.1, -0.05) is 42.1 Å². The van der Waals surface area contributed by atoms with Crippen LogP contribution in [0.1, 0.15) is 18.4 Å². The molecule has 2 aliphatic heterocycles.